The van der Waals surface area contributed by atoms with Crippen molar-refractivity contribution in [3.05, 3.63) is 23.8 Å². The van der Waals surface area contributed by atoms with Gasteiger partial charge in [0.1, 0.15) is 6.54 Å². The molecule has 0 aliphatic heterocycles. The van der Waals surface area contributed by atoms with Crippen molar-refractivity contribution in [2.45, 2.75) is 18.9 Å². The number of rotatable bonds is 6. The molecule has 1 aromatic rings. The smallest absolute Gasteiger partial charge is 0.323 e. The van der Waals surface area contributed by atoms with E-state index in [4.69, 9.17) is 14.6 Å². The molecule has 1 N–H and O–H groups in total. The number of carboxylic acid groups (broad SMARTS) is 1. The van der Waals surface area contributed by atoms with Crippen molar-refractivity contribution in [3.8, 4) is 11.5 Å². The molecule has 1 amide bonds. The molecular weight excluding hydrogens is 262 g/mol. The highest BCUT2D eigenvalue weighted by molar-refractivity contribution is 5.99. The van der Waals surface area contributed by atoms with Gasteiger partial charge >= 0.3 is 5.97 Å². The summed E-state index contributed by atoms with van der Waals surface area (Å²) in [4.78, 5) is 24.8. The van der Waals surface area contributed by atoms with Crippen LogP contribution in [0.5, 0.6) is 11.5 Å². The summed E-state index contributed by atoms with van der Waals surface area (Å²) < 4.78 is 10.4. The average molecular weight is 279 g/mol. The molecule has 6 nitrogen and oxygen atoms in total. The topological polar surface area (TPSA) is 76.1 Å². The van der Waals surface area contributed by atoms with Crippen LogP contribution in [0.4, 0.5) is 0 Å². The van der Waals surface area contributed by atoms with Crippen LogP contribution in [-0.4, -0.2) is 48.7 Å². The van der Waals surface area contributed by atoms with Crippen LogP contribution in [0.15, 0.2) is 18.2 Å². The number of hydrogen-bond donors (Lipinski definition) is 1. The fourth-order valence-corrected chi connectivity index (χ4v) is 2.11. The molecular formula is C14H17NO5. The van der Waals surface area contributed by atoms with Gasteiger partial charge < -0.3 is 19.5 Å². The number of para-hydroxylation sites is 1. The molecule has 1 aliphatic rings. The molecule has 108 valence electrons. The molecule has 0 unspecified atom stereocenters. The third kappa shape index (κ3) is 2.84. The zero-order chi connectivity index (χ0) is 14.7. The fourth-order valence-electron chi connectivity index (χ4n) is 2.11. The van der Waals surface area contributed by atoms with Crippen LogP contribution in [0.2, 0.25) is 0 Å². The summed E-state index contributed by atoms with van der Waals surface area (Å²) in [5.41, 5.74) is 0.319. The van der Waals surface area contributed by atoms with Gasteiger partial charge in [0.15, 0.2) is 11.5 Å². The number of aliphatic carboxylic acids is 1. The van der Waals surface area contributed by atoms with Gasteiger partial charge in [0.2, 0.25) is 0 Å². The van der Waals surface area contributed by atoms with Gasteiger partial charge in [0.25, 0.3) is 5.91 Å². The summed E-state index contributed by atoms with van der Waals surface area (Å²) in [6.07, 6.45) is 1.68. The van der Waals surface area contributed by atoms with E-state index < -0.39 is 5.97 Å². The molecule has 1 aliphatic carbocycles. The maximum atomic E-state index is 12.5. The van der Waals surface area contributed by atoms with Gasteiger partial charge in [-0.05, 0) is 25.0 Å². The lowest BCUT2D eigenvalue weighted by Gasteiger charge is -2.22. The fraction of sp³-hybridized carbons (Fsp3) is 0.429. The van der Waals surface area contributed by atoms with Crippen molar-refractivity contribution in [3.63, 3.8) is 0 Å². The van der Waals surface area contributed by atoms with Gasteiger partial charge in [0.05, 0.1) is 19.8 Å². The number of hydrogen-bond acceptors (Lipinski definition) is 4. The van der Waals surface area contributed by atoms with Crippen LogP contribution < -0.4 is 9.47 Å². The normalized spacial score (nSPS) is 13.7. The van der Waals surface area contributed by atoms with Gasteiger partial charge in [-0.1, -0.05) is 6.07 Å². The van der Waals surface area contributed by atoms with Crippen LogP contribution in [0, 0.1) is 0 Å². The first-order valence-electron chi connectivity index (χ1n) is 6.32. The lowest BCUT2D eigenvalue weighted by Crippen LogP contribution is -2.37. The van der Waals surface area contributed by atoms with E-state index in [0.29, 0.717) is 17.1 Å². The molecule has 1 fully saturated rings. The van der Waals surface area contributed by atoms with Crippen LogP contribution in [0.1, 0.15) is 23.2 Å². The Bertz CT molecular complexity index is 524. The minimum absolute atomic E-state index is 0.00880. The van der Waals surface area contributed by atoms with Crippen molar-refractivity contribution in [2.75, 3.05) is 20.8 Å². The Labute approximate surface area is 116 Å². The molecule has 2 rings (SSSR count). The SMILES string of the molecule is COc1cccc(C(=O)N(CC(=O)O)C2CC2)c1OC. The highest BCUT2D eigenvalue weighted by Crippen LogP contribution is 2.34. The average Bonchev–Trinajstić information content (AvgIpc) is 3.27. The zero-order valence-corrected chi connectivity index (χ0v) is 11.5. The third-order valence-electron chi connectivity index (χ3n) is 3.19. The Balaban J connectivity index is 2.33. The highest BCUT2D eigenvalue weighted by Gasteiger charge is 2.35. The molecule has 20 heavy (non-hydrogen) atoms. The summed E-state index contributed by atoms with van der Waals surface area (Å²) in [5, 5.41) is 8.93. The Kier molecular flexibility index (Phi) is 4.12. The summed E-state index contributed by atoms with van der Waals surface area (Å²) in [7, 11) is 2.94. The number of carbonyl (C=O) groups is 2. The number of carbonyl (C=O) groups excluding carboxylic acids is 1. The lowest BCUT2D eigenvalue weighted by molar-refractivity contribution is -0.137. The van der Waals surface area contributed by atoms with Crippen LogP contribution in [0.25, 0.3) is 0 Å². The first kappa shape index (κ1) is 14.2. The third-order valence-corrected chi connectivity index (χ3v) is 3.19. The van der Waals surface area contributed by atoms with Crippen molar-refractivity contribution < 1.29 is 24.2 Å². The van der Waals surface area contributed by atoms with Gasteiger partial charge in [0, 0.05) is 6.04 Å². The predicted molar refractivity (Wildman–Crippen MR) is 71.2 cm³/mol. The van der Waals surface area contributed by atoms with E-state index >= 15 is 0 Å². The second-order valence-corrected chi connectivity index (χ2v) is 4.60. The first-order valence-corrected chi connectivity index (χ1v) is 6.32. The van der Waals surface area contributed by atoms with E-state index in [-0.39, 0.29) is 18.5 Å². The second-order valence-electron chi connectivity index (χ2n) is 4.60. The molecule has 0 aromatic heterocycles. The molecule has 1 saturated carbocycles. The molecule has 0 saturated heterocycles. The summed E-state index contributed by atoms with van der Waals surface area (Å²) in [6, 6.07) is 4.99. The highest BCUT2D eigenvalue weighted by atomic mass is 16.5. The van der Waals surface area contributed by atoms with Gasteiger partial charge in [-0.25, -0.2) is 0 Å². The standard InChI is InChI=1S/C14H17NO5/c1-19-11-5-3-4-10(13(11)20-2)14(18)15(8-12(16)17)9-6-7-9/h3-5,9H,6-8H2,1-2H3,(H,16,17). The monoisotopic (exact) mass is 279 g/mol. The van der Waals surface area contributed by atoms with Crippen molar-refractivity contribution in [1.29, 1.82) is 0 Å². The van der Waals surface area contributed by atoms with Crippen molar-refractivity contribution in [1.82, 2.24) is 4.90 Å². The molecule has 0 heterocycles. The molecule has 0 atom stereocenters. The van der Waals surface area contributed by atoms with Gasteiger partial charge in [-0.3, -0.25) is 9.59 Å². The van der Waals surface area contributed by atoms with Gasteiger partial charge in [-0.2, -0.15) is 0 Å². The largest absolute Gasteiger partial charge is 0.493 e. The molecule has 0 radical (unpaired) electrons. The van der Waals surface area contributed by atoms with Gasteiger partial charge in [-0.15, -0.1) is 0 Å². The number of nitrogens with zero attached hydrogens (tertiary/aromatic N) is 1. The molecule has 0 spiro atoms. The van der Waals surface area contributed by atoms with Crippen LogP contribution >= 0.6 is 0 Å². The summed E-state index contributed by atoms with van der Waals surface area (Å²) in [5.74, 6) is -0.585. The van der Waals surface area contributed by atoms with E-state index in [1.807, 2.05) is 0 Å². The number of carboxylic acids is 1. The molecule has 0 bridgehead atoms. The maximum absolute atomic E-state index is 12.5. The Morgan fingerprint density at radius 3 is 2.50 bits per heavy atom. The van der Waals surface area contributed by atoms with E-state index in [1.165, 1.54) is 19.1 Å². The van der Waals surface area contributed by atoms with Crippen LogP contribution in [-0.2, 0) is 4.79 Å². The van der Waals surface area contributed by atoms with E-state index in [0.717, 1.165) is 12.8 Å². The predicted octanol–water partition coefficient (Wildman–Crippen LogP) is 1.39. The van der Waals surface area contributed by atoms with Crippen molar-refractivity contribution in [2.24, 2.45) is 0 Å². The number of benzene rings is 1. The Morgan fingerprint density at radius 1 is 1.30 bits per heavy atom. The molecule has 1 aromatic carbocycles. The second kappa shape index (κ2) is 5.81. The number of ether oxygens (including phenoxy) is 2. The summed E-state index contributed by atoms with van der Waals surface area (Å²) >= 11 is 0. The number of amides is 1. The lowest BCUT2D eigenvalue weighted by atomic mass is 10.1. The molecule has 6 heteroatoms. The Hall–Kier alpha value is -2.24. The quantitative estimate of drug-likeness (QED) is 0.851. The number of methoxy groups -OCH3 is 2. The van der Waals surface area contributed by atoms with E-state index in [2.05, 4.69) is 0 Å². The minimum atomic E-state index is -1.02. The van der Waals surface area contributed by atoms with E-state index in [1.54, 1.807) is 18.2 Å². The Morgan fingerprint density at radius 2 is 2.00 bits per heavy atom. The minimum Gasteiger partial charge on any atom is -0.493 e. The first-order chi connectivity index (χ1) is 9.58. The van der Waals surface area contributed by atoms with Crippen molar-refractivity contribution >= 4 is 11.9 Å². The summed E-state index contributed by atoms with van der Waals surface area (Å²) in [6.45, 7) is -0.302. The maximum Gasteiger partial charge on any atom is 0.323 e. The van der Waals surface area contributed by atoms with E-state index in [9.17, 15) is 9.59 Å². The van der Waals surface area contributed by atoms with Crippen LogP contribution in [0.3, 0.4) is 0 Å². The zero-order valence-electron chi connectivity index (χ0n) is 11.5.